The second kappa shape index (κ2) is 8.90. The molecule has 4 nitrogen and oxygen atoms in total. The van der Waals surface area contributed by atoms with Gasteiger partial charge in [0.1, 0.15) is 11.5 Å². The van der Waals surface area contributed by atoms with E-state index in [0.29, 0.717) is 12.3 Å². The van der Waals surface area contributed by atoms with Gasteiger partial charge in [-0.05, 0) is 74.7 Å². The van der Waals surface area contributed by atoms with Gasteiger partial charge >= 0.3 is 0 Å². The van der Waals surface area contributed by atoms with Crippen LogP contribution < -0.4 is 14.8 Å². The van der Waals surface area contributed by atoms with Crippen molar-refractivity contribution < 1.29 is 14.3 Å². The standard InChI is InChI=1S/C20H24BrNO3/c1-5-10-24-18-8-6-17(7-9-18)22-20(23)15(4)25-19-13(2)11-16(21)12-14(19)3/h6-9,11-12,15H,5,10H2,1-4H3,(H,22,23). The van der Waals surface area contributed by atoms with E-state index in [9.17, 15) is 4.79 Å². The second-order valence-corrected chi connectivity index (χ2v) is 6.91. The minimum absolute atomic E-state index is 0.191. The predicted octanol–water partition coefficient (Wildman–Crippen LogP) is 5.26. The van der Waals surface area contributed by atoms with Gasteiger partial charge in [-0.15, -0.1) is 0 Å². The first-order chi connectivity index (χ1) is 11.9. The third-order valence-corrected chi connectivity index (χ3v) is 4.14. The highest BCUT2D eigenvalue weighted by atomic mass is 79.9. The number of hydrogen-bond donors (Lipinski definition) is 1. The Balaban J connectivity index is 1.98. The molecule has 0 bridgehead atoms. The average molecular weight is 406 g/mol. The molecule has 1 amide bonds. The van der Waals surface area contributed by atoms with Crippen LogP contribution in [0.3, 0.4) is 0 Å². The van der Waals surface area contributed by atoms with E-state index in [-0.39, 0.29) is 5.91 Å². The molecule has 0 aliphatic heterocycles. The Morgan fingerprint density at radius 2 is 1.76 bits per heavy atom. The molecule has 0 aliphatic rings. The van der Waals surface area contributed by atoms with Gasteiger partial charge in [0, 0.05) is 10.2 Å². The van der Waals surface area contributed by atoms with Crippen LogP contribution >= 0.6 is 15.9 Å². The summed E-state index contributed by atoms with van der Waals surface area (Å²) in [6, 6.07) is 11.3. The molecule has 5 heteroatoms. The molecule has 1 unspecified atom stereocenters. The van der Waals surface area contributed by atoms with Crippen LogP contribution in [0.25, 0.3) is 0 Å². The molecule has 2 aromatic carbocycles. The van der Waals surface area contributed by atoms with E-state index >= 15 is 0 Å². The van der Waals surface area contributed by atoms with Gasteiger partial charge in [-0.1, -0.05) is 22.9 Å². The van der Waals surface area contributed by atoms with E-state index in [1.54, 1.807) is 6.92 Å². The van der Waals surface area contributed by atoms with E-state index in [4.69, 9.17) is 9.47 Å². The predicted molar refractivity (Wildman–Crippen MR) is 105 cm³/mol. The van der Waals surface area contributed by atoms with Crippen molar-refractivity contribution in [2.24, 2.45) is 0 Å². The van der Waals surface area contributed by atoms with Crippen molar-refractivity contribution in [1.29, 1.82) is 0 Å². The molecule has 2 rings (SSSR count). The molecule has 25 heavy (non-hydrogen) atoms. The average Bonchev–Trinajstić information content (AvgIpc) is 2.57. The molecule has 0 saturated heterocycles. The quantitative estimate of drug-likeness (QED) is 0.682. The lowest BCUT2D eigenvalue weighted by Gasteiger charge is -2.18. The first-order valence-electron chi connectivity index (χ1n) is 8.37. The van der Waals surface area contributed by atoms with Gasteiger partial charge in [0.2, 0.25) is 0 Å². The number of ether oxygens (including phenoxy) is 2. The van der Waals surface area contributed by atoms with Gasteiger partial charge in [-0.25, -0.2) is 0 Å². The summed E-state index contributed by atoms with van der Waals surface area (Å²) < 4.78 is 12.4. The Kier molecular flexibility index (Phi) is 6.88. The van der Waals surface area contributed by atoms with Crippen molar-refractivity contribution >= 4 is 27.5 Å². The molecule has 0 aliphatic carbocycles. The molecule has 0 spiro atoms. The van der Waals surface area contributed by atoms with Crippen LogP contribution in [0.4, 0.5) is 5.69 Å². The van der Waals surface area contributed by atoms with Crippen molar-refractivity contribution in [2.45, 2.75) is 40.2 Å². The number of rotatable bonds is 7. The lowest BCUT2D eigenvalue weighted by Crippen LogP contribution is -2.30. The molecule has 2 aromatic rings. The molecular weight excluding hydrogens is 382 g/mol. The molecule has 0 heterocycles. The van der Waals surface area contributed by atoms with Gasteiger partial charge in [0.25, 0.3) is 5.91 Å². The van der Waals surface area contributed by atoms with E-state index in [1.807, 2.05) is 50.2 Å². The fourth-order valence-corrected chi connectivity index (χ4v) is 3.10. The largest absolute Gasteiger partial charge is 0.494 e. The molecule has 0 fully saturated rings. The zero-order valence-corrected chi connectivity index (χ0v) is 16.6. The summed E-state index contributed by atoms with van der Waals surface area (Å²) in [5, 5.41) is 2.87. The first-order valence-corrected chi connectivity index (χ1v) is 9.17. The van der Waals surface area contributed by atoms with Crippen LogP contribution in [0.15, 0.2) is 40.9 Å². The lowest BCUT2D eigenvalue weighted by molar-refractivity contribution is -0.122. The van der Waals surface area contributed by atoms with Crippen LogP contribution in [0, 0.1) is 13.8 Å². The summed E-state index contributed by atoms with van der Waals surface area (Å²) in [4.78, 5) is 12.4. The Labute approximate surface area is 157 Å². The first kappa shape index (κ1) is 19.3. The fourth-order valence-electron chi connectivity index (χ4n) is 2.41. The number of halogens is 1. The number of nitrogens with one attached hydrogen (secondary N) is 1. The normalized spacial score (nSPS) is 11.7. The Morgan fingerprint density at radius 3 is 2.32 bits per heavy atom. The zero-order chi connectivity index (χ0) is 18.4. The summed E-state index contributed by atoms with van der Waals surface area (Å²) >= 11 is 3.46. The van der Waals surface area contributed by atoms with E-state index in [0.717, 1.165) is 33.5 Å². The maximum atomic E-state index is 12.4. The van der Waals surface area contributed by atoms with Crippen LogP contribution in [-0.4, -0.2) is 18.6 Å². The molecule has 1 atom stereocenters. The smallest absolute Gasteiger partial charge is 0.265 e. The highest BCUT2D eigenvalue weighted by molar-refractivity contribution is 9.10. The molecule has 134 valence electrons. The number of anilines is 1. The Morgan fingerprint density at radius 1 is 1.16 bits per heavy atom. The molecular formula is C20H24BrNO3. The molecule has 1 N–H and O–H groups in total. The second-order valence-electron chi connectivity index (χ2n) is 5.99. The highest BCUT2D eigenvalue weighted by Gasteiger charge is 2.17. The molecule has 0 aromatic heterocycles. The summed E-state index contributed by atoms with van der Waals surface area (Å²) in [6.07, 6.45) is 0.358. The maximum absolute atomic E-state index is 12.4. The SMILES string of the molecule is CCCOc1ccc(NC(=O)C(C)Oc2c(C)cc(Br)cc2C)cc1. The number of aryl methyl sites for hydroxylation is 2. The van der Waals surface area contributed by atoms with Crippen molar-refractivity contribution in [3.8, 4) is 11.5 Å². The maximum Gasteiger partial charge on any atom is 0.265 e. The van der Waals surface area contributed by atoms with Crippen LogP contribution in [-0.2, 0) is 4.79 Å². The van der Waals surface area contributed by atoms with Crippen molar-refractivity contribution in [3.05, 3.63) is 52.0 Å². The minimum Gasteiger partial charge on any atom is -0.494 e. The van der Waals surface area contributed by atoms with Crippen molar-refractivity contribution in [1.82, 2.24) is 0 Å². The topological polar surface area (TPSA) is 47.6 Å². The Hall–Kier alpha value is -2.01. The minimum atomic E-state index is -0.602. The molecule has 0 radical (unpaired) electrons. The summed E-state index contributed by atoms with van der Waals surface area (Å²) in [5.74, 6) is 1.35. The van der Waals surface area contributed by atoms with Crippen LogP contribution in [0.2, 0.25) is 0 Å². The zero-order valence-electron chi connectivity index (χ0n) is 15.1. The van der Waals surface area contributed by atoms with Gasteiger partial charge in [-0.3, -0.25) is 4.79 Å². The van der Waals surface area contributed by atoms with Crippen molar-refractivity contribution in [2.75, 3.05) is 11.9 Å². The number of carbonyl (C=O) groups excluding carboxylic acids is 1. The Bertz CT molecular complexity index is 705. The van der Waals surface area contributed by atoms with Crippen molar-refractivity contribution in [3.63, 3.8) is 0 Å². The highest BCUT2D eigenvalue weighted by Crippen LogP contribution is 2.28. The number of benzene rings is 2. The van der Waals surface area contributed by atoms with E-state index < -0.39 is 6.10 Å². The summed E-state index contributed by atoms with van der Waals surface area (Å²) in [7, 11) is 0. The van der Waals surface area contributed by atoms with Gasteiger partial charge < -0.3 is 14.8 Å². The van der Waals surface area contributed by atoms with Gasteiger partial charge in [-0.2, -0.15) is 0 Å². The van der Waals surface area contributed by atoms with Gasteiger partial charge in [0.05, 0.1) is 6.61 Å². The summed E-state index contributed by atoms with van der Waals surface area (Å²) in [5.41, 5.74) is 2.70. The van der Waals surface area contributed by atoms with Crippen LogP contribution in [0.1, 0.15) is 31.4 Å². The molecule has 0 saturated carbocycles. The third kappa shape index (κ3) is 5.49. The van der Waals surface area contributed by atoms with Gasteiger partial charge in [0.15, 0.2) is 6.10 Å². The lowest BCUT2D eigenvalue weighted by atomic mass is 10.1. The monoisotopic (exact) mass is 405 g/mol. The number of hydrogen-bond acceptors (Lipinski definition) is 3. The van der Waals surface area contributed by atoms with Crippen LogP contribution in [0.5, 0.6) is 11.5 Å². The third-order valence-electron chi connectivity index (χ3n) is 3.68. The number of amides is 1. The fraction of sp³-hybridized carbons (Fsp3) is 0.350. The van der Waals surface area contributed by atoms with E-state index in [2.05, 4.69) is 28.2 Å². The van der Waals surface area contributed by atoms with E-state index in [1.165, 1.54) is 0 Å². The summed E-state index contributed by atoms with van der Waals surface area (Å²) in [6.45, 7) is 8.42. The number of carbonyl (C=O) groups is 1.